The number of imidazole rings is 1. The molecule has 4 rings (SSSR count). The van der Waals surface area contributed by atoms with Gasteiger partial charge in [-0.05, 0) is 29.1 Å². The van der Waals surface area contributed by atoms with Crippen LogP contribution >= 0.6 is 11.6 Å². The van der Waals surface area contributed by atoms with Crippen molar-refractivity contribution in [3.8, 4) is 0 Å². The molecule has 1 saturated heterocycles. The van der Waals surface area contributed by atoms with Gasteiger partial charge in [-0.3, -0.25) is 9.36 Å². The largest absolute Gasteiger partial charge is 0.481 e. The van der Waals surface area contributed by atoms with Crippen LogP contribution in [-0.4, -0.2) is 88.4 Å². The van der Waals surface area contributed by atoms with E-state index in [0.717, 1.165) is 10.9 Å². The van der Waals surface area contributed by atoms with Crippen LogP contribution < -0.4 is 5.73 Å². The second-order valence-electron chi connectivity index (χ2n) is 8.84. The average Bonchev–Trinajstić information content (AvgIpc) is 3.41. The molecule has 0 aliphatic carbocycles. The van der Waals surface area contributed by atoms with E-state index < -0.39 is 61.1 Å². The van der Waals surface area contributed by atoms with Crippen molar-refractivity contribution in [3.05, 3.63) is 47.0 Å². The molecule has 16 heteroatoms. The van der Waals surface area contributed by atoms with Crippen molar-refractivity contribution < 1.29 is 48.7 Å². The number of fused-ring (bicyclic) bond motifs is 1. The third-order valence-electron chi connectivity index (χ3n) is 6.28. The molecule has 4 atom stereocenters. The summed E-state index contributed by atoms with van der Waals surface area (Å²) < 4.78 is 27.1. The topological polar surface area (TPSA) is 220 Å². The Bertz CT molecular complexity index is 1390. The first-order valence-corrected chi connectivity index (χ1v) is 11.8. The highest BCUT2D eigenvalue weighted by atomic mass is 35.5. The van der Waals surface area contributed by atoms with Gasteiger partial charge in [0.1, 0.15) is 17.7 Å². The molecule has 0 radical (unpaired) electrons. The fourth-order valence-corrected chi connectivity index (χ4v) is 4.34. The summed E-state index contributed by atoms with van der Waals surface area (Å²) in [6.07, 6.45) is -6.20. The lowest BCUT2D eigenvalue weighted by atomic mass is 9.93. The normalized spacial score (nSPS) is 21.3. The number of nitrogens with two attached hydrogens (primary N) is 1. The van der Waals surface area contributed by atoms with Crippen molar-refractivity contribution in [2.45, 2.75) is 49.5 Å². The number of halogens is 2. The molecule has 3 heterocycles. The van der Waals surface area contributed by atoms with E-state index in [1.807, 2.05) is 0 Å². The van der Waals surface area contributed by atoms with Crippen LogP contribution in [0.3, 0.4) is 0 Å². The number of alkyl halides is 1. The number of nitrogens with zero attached hydrogens (tertiary/aromatic N) is 4. The zero-order chi connectivity index (χ0) is 28.5. The number of carboxylic acid groups (broad SMARTS) is 3. The van der Waals surface area contributed by atoms with E-state index >= 15 is 4.39 Å². The van der Waals surface area contributed by atoms with E-state index in [1.165, 1.54) is 12.1 Å². The highest BCUT2D eigenvalue weighted by molar-refractivity contribution is 6.28. The van der Waals surface area contributed by atoms with Gasteiger partial charge in [0.15, 0.2) is 23.9 Å². The van der Waals surface area contributed by atoms with Gasteiger partial charge in [-0.15, -0.1) is 0 Å². The maximum absolute atomic E-state index is 15.1. The van der Waals surface area contributed by atoms with Gasteiger partial charge in [0.25, 0.3) is 5.60 Å². The van der Waals surface area contributed by atoms with E-state index in [4.69, 9.17) is 31.9 Å². The lowest BCUT2D eigenvalue weighted by molar-refractivity contribution is -0.190. The molecule has 0 spiro atoms. The van der Waals surface area contributed by atoms with E-state index in [1.54, 1.807) is 12.1 Å². The molecule has 6 N–H and O–H groups in total. The number of ether oxygens (including phenoxy) is 2. The summed E-state index contributed by atoms with van der Waals surface area (Å²) >= 11 is 5.83. The Morgan fingerprint density at radius 3 is 2.38 bits per heavy atom. The second-order valence-corrected chi connectivity index (χ2v) is 9.18. The summed E-state index contributed by atoms with van der Waals surface area (Å²) in [6.45, 7) is -0.794. The van der Waals surface area contributed by atoms with Crippen LogP contribution in [0, 0.1) is 0 Å². The van der Waals surface area contributed by atoms with Crippen LogP contribution in [0.4, 0.5) is 10.2 Å². The fraction of sp³-hybridized carbons (Fsp3) is 0.391. The fourth-order valence-electron chi connectivity index (χ4n) is 4.17. The lowest BCUT2D eigenvalue weighted by Crippen LogP contribution is -2.52. The van der Waals surface area contributed by atoms with Crippen LogP contribution in [0.5, 0.6) is 0 Å². The first-order chi connectivity index (χ1) is 18.4. The summed E-state index contributed by atoms with van der Waals surface area (Å²) in [4.78, 5) is 46.7. The number of nitrogen functional groups attached to an aromatic ring is 1. The van der Waals surface area contributed by atoms with E-state index in [-0.39, 0.29) is 40.7 Å². The molecule has 2 aromatic heterocycles. The molecule has 1 fully saturated rings. The highest BCUT2D eigenvalue weighted by Crippen LogP contribution is 2.35. The van der Waals surface area contributed by atoms with Crippen LogP contribution in [0.15, 0.2) is 30.6 Å². The van der Waals surface area contributed by atoms with E-state index in [0.29, 0.717) is 5.56 Å². The summed E-state index contributed by atoms with van der Waals surface area (Å²) in [6, 6.07) is 6.01. The molecule has 3 aromatic rings. The van der Waals surface area contributed by atoms with Crippen molar-refractivity contribution >= 4 is 46.5 Å². The Morgan fingerprint density at radius 2 is 1.77 bits per heavy atom. The number of carbonyl (C=O) groups is 3. The number of aromatic nitrogens is 4. The predicted molar refractivity (Wildman–Crippen MR) is 130 cm³/mol. The molecule has 39 heavy (non-hydrogen) atoms. The molecule has 208 valence electrons. The summed E-state index contributed by atoms with van der Waals surface area (Å²) in [5.41, 5.74) is 4.01. The van der Waals surface area contributed by atoms with E-state index in [2.05, 4.69) is 15.0 Å². The molecule has 0 saturated carbocycles. The smallest absolute Gasteiger partial charge is 0.348 e. The van der Waals surface area contributed by atoms with Gasteiger partial charge in [0, 0.05) is 12.8 Å². The highest BCUT2D eigenvalue weighted by Gasteiger charge is 2.52. The van der Waals surface area contributed by atoms with Gasteiger partial charge in [-0.2, -0.15) is 9.97 Å². The first kappa shape index (κ1) is 28.1. The van der Waals surface area contributed by atoms with Crippen molar-refractivity contribution in [3.63, 3.8) is 0 Å². The van der Waals surface area contributed by atoms with Crippen molar-refractivity contribution in [1.82, 2.24) is 19.5 Å². The molecule has 0 amide bonds. The average molecular weight is 568 g/mol. The van der Waals surface area contributed by atoms with Gasteiger partial charge < -0.3 is 35.6 Å². The second kappa shape index (κ2) is 11.1. The van der Waals surface area contributed by atoms with Gasteiger partial charge in [-0.25, -0.2) is 19.0 Å². The van der Waals surface area contributed by atoms with Gasteiger partial charge in [0.2, 0.25) is 5.28 Å². The zero-order valence-corrected chi connectivity index (χ0v) is 20.7. The molecular weight excluding hydrogens is 545 g/mol. The summed E-state index contributed by atoms with van der Waals surface area (Å²) in [5, 5.41) is 38.7. The first-order valence-electron chi connectivity index (χ1n) is 11.5. The van der Waals surface area contributed by atoms with Gasteiger partial charge in [-0.1, -0.05) is 24.3 Å². The van der Waals surface area contributed by atoms with Crippen molar-refractivity contribution in [2.75, 3.05) is 12.3 Å². The number of aryl methyl sites for hydroxylation is 1. The Labute approximate surface area is 223 Å². The zero-order valence-electron chi connectivity index (χ0n) is 20.0. The lowest BCUT2D eigenvalue weighted by Gasteiger charge is -2.27. The minimum atomic E-state index is -2.80. The molecule has 14 nitrogen and oxygen atoms in total. The molecule has 0 unspecified atom stereocenters. The van der Waals surface area contributed by atoms with Crippen LogP contribution in [-0.2, 0) is 36.7 Å². The monoisotopic (exact) mass is 567 g/mol. The quantitative estimate of drug-likeness (QED) is 0.160. The molecule has 1 aromatic carbocycles. The Kier molecular flexibility index (Phi) is 7.96. The number of hydrogen-bond donors (Lipinski definition) is 5. The number of aliphatic hydroxyl groups excluding tert-OH is 1. The number of rotatable bonds is 11. The molecular formula is C23H23ClFN5O9. The third kappa shape index (κ3) is 5.61. The standard InChI is InChI=1S/C23H23ClFN5O9/c24-22-28-17(26)15-18(29-22)30(9-27-15)19-14(25)16(33)12(39-19)8-38-23(20(34)35,21(36)37)7-11-3-1-10(2-4-11)5-6-13(31)32/h1-4,9,12,14,16,19,33H,5-8H2,(H,31,32)(H,34,35)(H,36,37)(H2,26,28,29)/t12-,14+,16-,19-/m1/s1. The Hall–Kier alpha value is -3.92. The van der Waals surface area contributed by atoms with Crippen LogP contribution in [0.2, 0.25) is 5.28 Å². The SMILES string of the molecule is Nc1nc(Cl)nc2c1ncn2[C@@H]1O[C@H](COC(Cc2ccc(CCC(=O)O)cc2)(C(=O)O)C(=O)O)[C@@H](O)[C@@H]1F. The van der Waals surface area contributed by atoms with Gasteiger partial charge in [0.05, 0.1) is 12.9 Å². The van der Waals surface area contributed by atoms with Crippen LogP contribution in [0.25, 0.3) is 11.2 Å². The summed E-state index contributed by atoms with van der Waals surface area (Å²) in [7, 11) is 0. The maximum atomic E-state index is 15.1. The Balaban J connectivity index is 1.52. The van der Waals surface area contributed by atoms with E-state index in [9.17, 15) is 29.7 Å². The minimum absolute atomic E-state index is 0.0196. The van der Waals surface area contributed by atoms with Crippen LogP contribution in [0.1, 0.15) is 23.8 Å². The maximum Gasteiger partial charge on any atom is 0.348 e. The number of benzene rings is 1. The molecule has 1 aliphatic rings. The van der Waals surface area contributed by atoms with Crippen molar-refractivity contribution in [2.24, 2.45) is 0 Å². The third-order valence-corrected chi connectivity index (χ3v) is 6.45. The summed E-state index contributed by atoms with van der Waals surface area (Å²) in [5.74, 6) is -4.71. The molecule has 1 aliphatic heterocycles. The number of carboxylic acids is 3. The number of anilines is 1. The Morgan fingerprint density at radius 1 is 1.13 bits per heavy atom. The van der Waals surface area contributed by atoms with Crippen molar-refractivity contribution in [1.29, 1.82) is 0 Å². The number of aliphatic carboxylic acids is 3. The molecule has 0 bridgehead atoms. The number of hydrogen-bond acceptors (Lipinski definition) is 10. The number of aliphatic hydroxyl groups is 1. The predicted octanol–water partition coefficient (Wildman–Crippen LogP) is 0.843. The minimum Gasteiger partial charge on any atom is -0.481 e. The van der Waals surface area contributed by atoms with Gasteiger partial charge >= 0.3 is 17.9 Å².